The fraction of sp³-hybridized carbons (Fsp3) is 0.929. The summed E-state index contributed by atoms with van der Waals surface area (Å²) in [6, 6.07) is 0.355. The van der Waals surface area contributed by atoms with Gasteiger partial charge in [-0.3, -0.25) is 10.1 Å². The van der Waals surface area contributed by atoms with E-state index in [2.05, 4.69) is 17.1 Å². The Balaban J connectivity index is 1.67. The van der Waals surface area contributed by atoms with E-state index in [1.165, 1.54) is 12.8 Å². The van der Waals surface area contributed by atoms with Gasteiger partial charge in [-0.1, -0.05) is 12.8 Å². The van der Waals surface area contributed by atoms with Crippen LogP contribution in [0.5, 0.6) is 0 Å². The van der Waals surface area contributed by atoms with Crippen LogP contribution in [0, 0.1) is 5.92 Å². The molecule has 0 aromatic heterocycles. The maximum atomic E-state index is 12.6. The zero-order chi connectivity index (χ0) is 12.6. The van der Waals surface area contributed by atoms with Gasteiger partial charge in [0.15, 0.2) is 0 Å². The number of nitrogens with one attached hydrogen (secondary N) is 1. The highest BCUT2D eigenvalue weighted by molar-refractivity contribution is 5.88. The number of rotatable bonds is 2. The molecule has 0 radical (unpaired) electrons. The molecule has 1 amide bonds. The highest BCUT2D eigenvalue weighted by Crippen LogP contribution is 2.36. The van der Waals surface area contributed by atoms with Crippen LogP contribution in [0.1, 0.15) is 45.4 Å². The summed E-state index contributed by atoms with van der Waals surface area (Å²) in [4.78, 5) is 14.7. The van der Waals surface area contributed by atoms with Crippen LogP contribution in [0.3, 0.4) is 0 Å². The largest absolute Gasteiger partial charge is 0.381 e. The number of hydrogen-bond donors (Lipinski definition) is 1. The Morgan fingerprint density at radius 1 is 1.33 bits per heavy atom. The average Bonchev–Trinajstić information content (AvgIpc) is 3.01. The zero-order valence-corrected chi connectivity index (χ0v) is 11.3. The minimum atomic E-state index is -0.195. The van der Waals surface area contributed by atoms with E-state index in [-0.39, 0.29) is 5.54 Å². The molecule has 0 bridgehead atoms. The molecule has 4 heteroatoms. The molecule has 4 nitrogen and oxygen atoms in total. The molecule has 2 heterocycles. The molecular formula is C14H24N2O2. The molecule has 3 aliphatic rings. The Morgan fingerprint density at radius 2 is 2.00 bits per heavy atom. The number of hydrogen-bond acceptors (Lipinski definition) is 3. The second-order valence-electron chi connectivity index (χ2n) is 6.09. The topological polar surface area (TPSA) is 41.6 Å². The first-order valence-corrected chi connectivity index (χ1v) is 7.37. The van der Waals surface area contributed by atoms with Gasteiger partial charge in [-0.05, 0) is 38.5 Å². The van der Waals surface area contributed by atoms with Gasteiger partial charge in [0.25, 0.3) is 0 Å². The van der Waals surface area contributed by atoms with Crippen LogP contribution >= 0.6 is 0 Å². The molecule has 0 aromatic carbocycles. The van der Waals surface area contributed by atoms with Crippen LogP contribution in [-0.2, 0) is 9.53 Å². The molecule has 2 saturated heterocycles. The fourth-order valence-electron chi connectivity index (χ4n) is 3.81. The molecule has 2 aliphatic heterocycles. The summed E-state index contributed by atoms with van der Waals surface area (Å²) >= 11 is 0. The van der Waals surface area contributed by atoms with Crippen LogP contribution < -0.4 is 5.32 Å². The third kappa shape index (κ3) is 1.95. The number of carbonyl (C=O) groups is 1. The summed E-state index contributed by atoms with van der Waals surface area (Å²) in [5, 5.41) is 3.50. The summed E-state index contributed by atoms with van der Waals surface area (Å²) in [7, 11) is 0. The van der Waals surface area contributed by atoms with Crippen LogP contribution in [0.15, 0.2) is 0 Å². The van der Waals surface area contributed by atoms with Crippen molar-refractivity contribution < 1.29 is 9.53 Å². The standard InChI is InChI=1S/C14H24N2O2/c1-11(12-4-8-18-9-5-12)16-10-15-14(13(16)17)6-2-3-7-14/h11-12,15H,2-10H2,1H3. The maximum Gasteiger partial charge on any atom is 0.244 e. The van der Waals surface area contributed by atoms with E-state index in [0.29, 0.717) is 17.9 Å². The molecular weight excluding hydrogens is 228 g/mol. The smallest absolute Gasteiger partial charge is 0.244 e. The molecule has 18 heavy (non-hydrogen) atoms. The predicted octanol–water partition coefficient (Wildman–Crippen LogP) is 1.50. The number of ether oxygens (including phenoxy) is 1. The third-order valence-corrected chi connectivity index (χ3v) is 5.15. The minimum Gasteiger partial charge on any atom is -0.381 e. The molecule has 1 saturated carbocycles. The Morgan fingerprint density at radius 3 is 2.67 bits per heavy atom. The van der Waals surface area contributed by atoms with Crippen molar-refractivity contribution in [3.05, 3.63) is 0 Å². The van der Waals surface area contributed by atoms with E-state index < -0.39 is 0 Å². The van der Waals surface area contributed by atoms with Gasteiger partial charge in [0.2, 0.25) is 5.91 Å². The highest BCUT2D eigenvalue weighted by atomic mass is 16.5. The number of nitrogens with zero attached hydrogens (tertiary/aromatic N) is 1. The first-order chi connectivity index (χ1) is 8.73. The SMILES string of the molecule is CC(C1CCOCC1)N1CNC2(CCCC2)C1=O. The van der Waals surface area contributed by atoms with E-state index in [9.17, 15) is 4.79 Å². The van der Waals surface area contributed by atoms with Gasteiger partial charge in [0.1, 0.15) is 0 Å². The molecule has 102 valence electrons. The molecule has 0 aromatic rings. The lowest BCUT2D eigenvalue weighted by Gasteiger charge is -2.34. The molecule has 1 N–H and O–H groups in total. The minimum absolute atomic E-state index is 0.195. The maximum absolute atomic E-state index is 12.6. The van der Waals surface area contributed by atoms with Crippen molar-refractivity contribution in [3.8, 4) is 0 Å². The Kier molecular flexibility index (Phi) is 3.32. The summed E-state index contributed by atoms with van der Waals surface area (Å²) < 4.78 is 5.41. The predicted molar refractivity (Wildman–Crippen MR) is 69.1 cm³/mol. The lowest BCUT2D eigenvalue weighted by molar-refractivity contribution is -0.135. The summed E-state index contributed by atoms with van der Waals surface area (Å²) in [6.45, 7) is 4.67. The first kappa shape index (κ1) is 12.4. The van der Waals surface area contributed by atoms with E-state index in [0.717, 1.165) is 45.6 Å². The molecule has 1 unspecified atom stereocenters. The van der Waals surface area contributed by atoms with Crippen molar-refractivity contribution in [2.24, 2.45) is 5.92 Å². The fourth-order valence-corrected chi connectivity index (χ4v) is 3.81. The number of carbonyl (C=O) groups excluding carboxylic acids is 1. The van der Waals surface area contributed by atoms with Gasteiger partial charge >= 0.3 is 0 Å². The highest BCUT2D eigenvalue weighted by Gasteiger charge is 2.49. The van der Waals surface area contributed by atoms with Crippen LogP contribution in [0.2, 0.25) is 0 Å². The van der Waals surface area contributed by atoms with Gasteiger partial charge in [-0.25, -0.2) is 0 Å². The molecule has 1 spiro atoms. The van der Waals surface area contributed by atoms with E-state index >= 15 is 0 Å². The van der Waals surface area contributed by atoms with Crippen LogP contribution in [0.4, 0.5) is 0 Å². The second-order valence-corrected chi connectivity index (χ2v) is 6.09. The molecule has 3 rings (SSSR count). The van der Waals surface area contributed by atoms with E-state index in [1.807, 2.05) is 0 Å². The van der Waals surface area contributed by atoms with Gasteiger partial charge in [0.05, 0.1) is 12.2 Å². The molecule has 3 fully saturated rings. The monoisotopic (exact) mass is 252 g/mol. The van der Waals surface area contributed by atoms with Crippen LogP contribution in [0.25, 0.3) is 0 Å². The van der Waals surface area contributed by atoms with Gasteiger partial charge in [-0.15, -0.1) is 0 Å². The normalized spacial score (nSPS) is 30.3. The van der Waals surface area contributed by atoms with E-state index in [1.54, 1.807) is 0 Å². The first-order valence-electron chi connectivity index (χ1n) is 7.37. The summed E-state index contributed by atoms with van der Waals surface area (Å²) in [5.41, 5.74) is -0.195. The Labute approximate surface area is 109 Å². The van der Waals surface area contributed by atoms with Gasteiger partial charge in [0, 0.05) is 19.3 Å². The van der Waals surface area contributed by atoms with Crippen molar-refractivity contribution in [2.75, 3.05) is 19.9 Å². The quantitative estimate of drug-likeness (QED) is 0.810. The third-order valence-electron chi connectivity index (χ3n) is 5.15. The van der Waals surface area contributed by atoms with Crippen molar-refractivity contribution >= 4 is 5.91 Å². The van der Waals surface area contributed by atoms with Crippen LogP contribution in [-0.4, -0.2) is 42.3 Å². The van der Waals surface area contributed by atoms with Crippen molar-refractivity contribution in [2.45, 2.75) is 57.0 Å². The number of amides is 1. The van der Waals surface area contributed by atoms with Gasteiger partial charge < -0.3 is 9.64 Å². The molecule has 1 atom stereocenters. The lowest BCUT2D eigenvalue weighted by Crippen LogP contribution is -2.47. The lowest BCUT2D eigenvalue weighted by atomic mass is 9.90. The van der Waals surface area contributed by atoms with Crippen molar-refractivity contribution in [1.82, 2.24) is 10.2 Å². The van der Waals surface area contributed by atoms with Crippen molar-refractivity contribution in [3.63, 3.8) is 0 Å². The zero-order valence-electron chi connectivity index (χ0n) is 11.3. The van der Waals surface area contributed by atoms with Crippen molar-refractivity contribution in [1.29, 1.82) is 0 Å². The summed E-state index contributed by atoms with van der Waals surface area (Å²) in [5.74, 6) is 0.972. The van der Waals surface area contributed by atoms with E-state index in [4.69, 9.17) is 4.74 Å². The van der Waals surface area contributed by atoms with Gasteiger partial charge in [-0.2, -0.15) is 0 Å². The Hall–Kier alpha value is -0.610. The second kappa shape index (κ2) is 4.82. The summed E-state index contributed by atoms with van der Waals surface area (Å²) in [6.07, 6.45) is 6.64. The average molecular weight is 252 g/mol. The molecule has 1 aliphatic carbocycles. The Bertz CT molecular complexity index is 320.